The van der Waals surface area contributed by atoms with Gasteiger partial charge in [0.2, 0.25) is 5.95 Å². The molecule has 2 atom stereocenters. The maximum absolute atomic E-state index is 15.2. The van der Waals surface area contributed by atoms with Gasteiger partial charge in [-0.3, -0.25) is 4.90 Å². The zero-order valence-electron chi connectivity index (χ0n) is 19.8. The molecule has 4 aromatic heterocycles. The lowest BCUT2D eigenvalue weighted by atomic mass is 10.0. The number of nitrogens with one attached hydrogen (secondary N) is 2. The number of rotatable bonds is 7. The first-order valence-electron chi connectivity index (χ1n) is 11.9. The van der Waals surface area contributed by atoms with E-state index in [0.29, 0.717) is 37.2 Å². The fourth-order valence-corrected chi connectivity index (χ4v) is 4.80. The van der Waals surface area contributed by atoms with Crippen molar-refractivity contribution in [3.63, 3.8) is 0 Å². The van der Waals surface area contributed by atoms with Crippen LogP contribution in [0.15, 0.2) is 18.3 Å². The van der Waals surface area contributed by atoms with Crippen LogP contribution >= 0.6 is 0 Å². The molecular weight excluding hydrogens is 496 g/mol. The summed E-state index contributed by atoms with van der Waals surface area (Å²) in [6.45, 7) is 1.59. The number of fused-ring (bicyclic) bond motifs is 2. The summed E-state index contributed by atoms with van der Waals surface area (Å²) in [6, 6.07) is 2.84. The number of aromatic nitrogens is 7. The number of nitrogens with zero attached hydrogens (tertiary/aromatic N) is 8. The topological polar surface area (TPSA) is 110 Å². The highest BCUT2D eigenvalue weighted by Crippen LogP contribution is 2.33. The van der Waals surface area contributed by atoms with Crippen LogP contribution in [-0.2, 0) is 11.3 Å². The number of alkyl halides is 3. The lowest BCUT2D eigenvalue weighted by Gasteiger charge is -2.42. The minimum absolute atomic E-state index is 0.0852. The van der Waals surface area contributed by atoms with Gasteiger partial charge < -0.3 is 15.4 Å². The lowest BCUT2D eigenvalue weighted by molar-refractivity contribution is -0.0794. The summed E-state index contributed by atoms with van der Waals surface area (Å²) in [7, 11) is 1.62. The van der Waals surface area contributed by atoms with Gasteiger partial charge in [-0.25, -0.2) is 31.7 Å². The first kappa shape index (κ1) is 23.8. The third-order valence-electron chi connectivity index (χ3n) is 6.77. The maximum Gasteiger partial charge on any atom is 0.258 e. The van der Waals surface area contributed by atoms with E-state index in [1.807, 2.05) is 0 Å². The van der Waals surface area contributed by atoms with E-state index in [2.05, 4.69) is 40.9 Å². The first-order valence-corrected chi connectivity index (χ1v) is 11.9. The smallest absolute Gasteiger partial charge is 0.258 e. The minimum Gasteiger partial charge on any atom is -0.378 e. The van der Waals surface area contributed by atoms with Crippen LogP contribution in [0.3, 0.4) is 0 Å². The zero-order valence-corrected chi connectivity index (χ0v) is 19.8. The second kappa shape index (κ2) is 9.37. The summed E-state index contributed by atoms with van der Waals surface area (Å²) in [5.41, 5.74) is 0.975. The molecule has 2 N–H and O–H groups in total. The van der Waals surface area contributed by atoms with Crippen LogP contribution in [0, 0.1) is 5.82 Å². The minimum atomic E-state index is -2.65. The molecule has 2 fully saturated rings. The van der Waals surface area contributed by atoms with Crippen LogP contribution in [0.5, 0.6) is 0 Å². The largest absolute Gasteiger partial charge is 0.378 e. The number of hydrogen-bond acceptors (Lipinski definition) is 9. The van der Waals surface area contributed by atoms with E-state index in [4.69, 9.17) is 4.74 Å². The number of ether oxygens (including phenoxy) is 1. The summed E-state index contributed by atoms with van der Waals surface area (Å²) in [5, 5.41) is 17.9. The average molecular weight is 520 g/mol. The Labute approximate surface area is 207 Å². The summed E-state index contributed by atoms with van der Waals surface area (Å²) < 4.78 is 63.6. The van der Waals surface area contributed by atoms with Crippen molar-refractivity contribution >= 4 is 28.4 Å². The molecule has 0 aromatic carbocycles. The molecule has 0 bridgehead atoms. The Hall–Kier alpha value is -3.59. The normalized spacial score (nSPS) is 21.1. The van der Waals surface area contributed by atoms with Crippen molar-refractivity contribution in [3.8, 4) is 11.3 Å². The number of piperidine rings is 1. The molecule has 196 valence electrons. The zero-order chi connectivity index (χ0) is 25.7. The summed E-state index contributed by atoms with van der Waals surface area (Å²) in [4.78, 5) is 10.9. The van der Waals surface area contributed by atoms with Gasteiger partial charge >= 0.3 is 0 Å². The van der Waals surface area contributed by atoms with Gasteiger partial charge in [-0.05, 0) is 18.6 Å². The number of halogens is 4. The third kappa shape index (κ3) is 4.31. The van der Waals surface area contributed by atoms with Crippen LogP contribution in [0.1, 0.15) is 6.42 Å². The predicted octanol–water partition coefficient (Wildman–Crippen LogP) is 2.21. The van der Waals surface area contributed by atoms with Crippen molar-refractivity contribution in [2.75, 3.05) is 44.0 Å². The van der Waals surface area contributed by atoms with Crippen LogP contribution in [0.25, 0.3) is 27.9 Å². The average Bonchev–Trinajstić information content (AvgIpc) is 3.38. The van der Waals surface area contributed by atoms with Crippen molar-refractivity contribution < 1.29 is 22.3 Å². The van der Waals surface area contributed by atoms with Crippen molar-refractivity contribution in [2.45, 2.75) is 37.6 Å². The van der Waals surface area contributed by atoms with Gasteiger partial charge in [-0.15, -0.1) is 10.2 Å². The van der Waals surface area contributed by atoms with Crippen LogP contribution in [0.2, 0.25) is 0 Å². The Balaban J connectivity index is 1.32. The first-order chi connectivity index (χ1) is 17.9. The molecule has 2 aliphatic heterocycles. The Morgan fingerprint density at radius 1 is 1.22 bits per heavy atom. The molecule has 0 radical (unpaired) electrons. The SMILES string of the molecule is CNc1nc(N[C@@H]2CCN(C3COC3)C[C@@H]2F)nn2cc(F)c(-c3ccc4nnn(CC(F)F)c4n3)c12. The number of hydrogen-bond donors (Lipinski definition) is 2. The van der Waals surface area contributed by atoms with E-state index in [9.17, 15) is 13.2 Å². The number of likely N-dealkylation sites (tertiary alicyclic amines) is 1. The van der Waals surface area contributed by atoms with E-state index in [1.165, 1.54) is 22.8 Å². The summed E-state index contributed by atoms with van der Waals surface area (Å²) >= 11 is 0. The third-order valence-corrected chi connectivity index (χ3v) is 6.77. The van der Waals surface area contributed by atoms with Gasteiger partial charge in [0.1, 0.15) is 23.7 Å². The highest BCUT2D eigenvalue weighted by molar-refractivity contribution is 5.89. The molecule has 0 aliphatic carbocycles. The van der Waals surface area contributed by atoms with Gasteiger partial charge in [0, 0.05) is 20.1 Å². The van der Waals surface area contributed by atoms with E-state index >= 15 is 4.39 Å². The predicted molar refractivity (Wildman–Crippen MR) is 126 cm³/mol. The van der Waals surface area contributed by atoms with E-state index < -0.39 is 31.0 Å². The molecule has 37 heavy (non-hydrogen) atoms. The molecule has 0 spiro atoms. The van der Waals surface area contributed by atoms with Crippen molar-refractivity contribution in [2.24, 2.45) is 0 Å². The molecule has 0 amide bonds. The maximum atomic E-state index is 15.2. The van der Waals surface area contributed by atoms with Gasteiger partial charge in [0.25, 0.3) is 6.43 Å². The van der Waals surface area contributed by atoms with Crippen LogP contribution < -0.4 is 10.6 Å². The fourth-order valence-electron chi connectivity index (χ4n) is 4.80. The highest BCUT2D eigenvalue weighted by Gasteiger charge is 2.36. The van der Waals surface area contributed by atoms with E-state index in [1.54, 1.807) is 7.05 Å². The van der Waals surface area contributed by atoms with Crippen molar-refractivity contribution in [3.05, 3.63) is 24.1 Å². The molecular formula is C22H24F4N10O. The number of anilines is 2. The van der Waals surface area contributed by atoms with Crippen molar-refractivity contribution in [1.29, 1.82) is 0 Å². The molecule has 6 heterocycles. The Morgan fingerprint density at radius 2 is 2.05 bits per heavy atom. The molecule has 6 rings (SSSR count). The Morgan fingerprint density at radius 3 is 2.76 bits per heavy atom. The van der Waals surface area contributed by atoms with E-state index in [0.717, 1.165) is 11.2 Å². The quantitative estimate of drug-likeness (QED) is 0.355. The molecule has 11 nitrogen and oxygen atoms in total. The van der Waals surface area contributed by atoms with E-state index in [-0.39, 0.29) is 34.7 Å². The molecule has 15 heteroatoms. The molecule has 0 saturated carbocycles. The number of pyridine rings is 1. The lowest BCUT2D eigenvalue weighted by Crippen LogP contribution is -2.57. The monoisotopic (exact) mass is 520 g/mol. The van der Waals surface area contributed by atoms with Gasteiger partial charge in [0.05, 0.1) is 42.8 Å². The Bertz CT molecular complexity index is 1440. The standard InChI is InChI=1S/C22H24F4N10O/c1-27-20-19-18(15-2-3-16-21(28-15)36(33-31-16)8-17(25)26)13(24)7-35(19)32-22(30-20)29-14-4-5-34(6-12(14)23)11-9-37-10-11/h2-3,7,11-12,14,17H,4-6,8-10H2,1H3,(H2,27,29,30,32)/t12-,14+/m0/s1. The van der Waals surface area contributed by atoms with Crippen molar-refractivity contribution in [1.82, 2.24) is 39.5 Å². The van der Waals surface area contributed by atoms with Crippen LogP contribution in [0.4, 0.5) is 29.3 Å². The molecule has 4 aromatic rings. The van der Waals surface area contributed by atoms with Gasteiger partial charge in [-0.2, -0.15) is 4.98 Å². The summed E-state index contributed by atoms with van der Waals surface area (Å²) in [5.74, 6) is -0.201. The highest BCUT2D eigenvalue weighted by atomic mass is 19.3. The fraction of sp³-hybridized carbons (Fsp3) is 0.500. The van der Waals surface area contributed by atoms with Gasteiger partial charge in [0.15, 0.2) is 17.3 Å². The molecule has 2 aliphatic rings. The summed E-state index contributed by atoms with van der Waals surface area (Å²) in [6.07, 6.45) is -2.05. The van der Waals surface area contributed by atoms with Gasteiger partial charge in [-0.1, -0.05) is 5.21 Å². The molecule has 0 unspecified atom stereocenters. The van der Waals surface area contributed by atoms with Crippen LogP contribution in [-0.4, -0.2) is 97.5 Å². The molecule has 2 saturated heterocycles. The second-order valence-electron chi connectivity index (χ2n) is 9.12. The second-order valence-corrected chi connectivity index (χ2v) is 9.12. The Kier molecular flexibility index (Phi) is 6.03.